The number of fused-ring (bicyclic) bond motifs is 2. The first-order valence-electron chi connectivity index (χ1n) is 25.6. The summed E-state index contributed by atoms with van der Waals surface area (Å²) < 4.78 is 40.1. The fourth-order valence-electron chi connectivity index (χ4n) is 10.6. The Hall–Kier alpha value is -5.24. The van der Waals surface area contributed by atoms with Crippen LogP contribution in [0.15, 0.2) is 102 Å². The number of unbranched alkanes of at least 4 members (excludes halogenated alkanes) is 11. The van der Waals surface area contributed by atoms with Crippen molar-refractivity contribution in [3.63, 3.8) is 0 Å². The highest BCUT2D eigenvalue weighted by atomic mass is 19.1. The smallest absolute Gasteiger partial charge is 0.412 e. The van der Waals surface area contributed by atoms with Crippen molar-refractivity contribution in [2.45, 2.75) is 147 Å². The molecule has 3 aromatic rings. The van der Waals surface area contributed by atoms with E-state index in [1.54, 1.807) is 29.2 Å². The Labute approximate surface area is 409 Å². The summed E-state index contributed by atoms with van der Waals surface area (Å²) in [6.07, 6.45) is 19.1. The van der Waals surface area contributed by atoms with Crippen LogP contribution in [0.3, 0.4) is 0 Å². The van der Waals surface area contributed by atoms with Gasteiger partial charge in [0, 0.05) is 44.2 Å². The predicted molar refractivity (Wildman–Crippen MR) is 266 cm³/mol. The number of ether oxygens (including phenoxy) is 4. The lowest BCUT2D eigenvalue weighted by Gasteiger charge is -2.59. The summed E-state index contributed by atoms with van der Waals surface area (Å²) in [4.78, 5) is 35.4. The van der Waals surface area contributed by atoms with Crippen LogP contribution in [0.4, 0.5) is 14.0 Å². The monoisotopic (exact) mass is 954 g/mol. The molecule has 1 fully saturated rings. The van der Waals surface area contributed by atoms with Crippen molar-refractivity contribution < 1.29 is 48.0 Å². The van der Waals surface area contributed by atoms with Crippen molar-refractivity contribution in [1.29, 1.82) is 0 Å². The summed E-state index contributed by atoms with van der Waals surface area (Å²) in [5, 5.41) is 27.8. The maximum absolute atomic E-state index is 14.3. The number of carbonyl (C=O) groups is 2. The van der Waals surface area contributed by atoms with Gasteiger partial charge in [-0.3, -0.25) is 4.90 Å². The average Bonchev–Trinajstić information content (AvgIpc) is 3.36. The molecule has 0 aromatic heterocycles. The second kappa shape index (κ2) is 27.8. The largest absolute Gasteiger partial charge is 0.459 e. The molecule has 3 aromatic carbocycles. The predicted octanol–water partition coefficient (Wildman–Crippen LogP) is 11.9. The first kappa shape index (κ1) is 53.1. The zero-order valence-corrected chi connectivity index (χ0v) is 41.0. The average molecular weight is 954 g/mol. The van der Waals surface area contributed by atoms with Crippen molar-refractivity contribution in [3.05, 3.63) is 120 Å². The van der Waals surface area contributed by atoms with Gasteiger partial charge in [0.1, 0.15) is 30.0 Å². The van der Waals surface area contributed by atoms with E-state index in [4.69, 9.17) is 28.9 Å². The van der Waals surface area contributed by atoms with Crippen molar-refractivity contribution in [1.82, 2.24) is 10.2 Å². The quantitative estimate of drug-likeness (QED) is 0.0351. The number of oxime groups is 1. The number of hydrogen-bond acceptors (Lipinski definition) is 10. The molecule has 1 aliphatic heterocycles. The molecule has 6 unspecified atom stereocenters. The summed E-state index contributed by atoms with van der Waals surface area (Å²) in [6.45, 7) is 7.19. The highest BCUT2D eigenvalue weighted by molar-refractivity contribution is 6.03. The molecule has 1 heterocycles. The maximum atomic E-state index is 14.3. The van der Waals surface area contributed by atoms with Gasteiger partial charge in [0.2, 0.25) is 5.79 Å². The Morgan fingerprint density at radius 3 is 2.26 bits per heavy atom. The summed E-state index contributed by atoms with van der Waals surface area (Å²) in [5.74, 6) is -2.08. The first-order valence-corrected chi connectivity index (χ1v) is 25.6. The van der Waals surface area contributed by atoms with Gasteiger partial charge >= 0.3 is 12.2 Å². The van der Waals surface area contributed by atoms with Crippen molar-refractivity contribution in [2.75, 3.05) is 33.5 Å². The number of methoxy groups -OCH3 is 1. The van der Waals surface area contributed by atoms with Crippen LogP contribution < -0.4 is 14.8 Å². The Bertz CT molecular complexity index is 2120. The molecule has 3 aliphatic rings. The fourth-order valence-corrected chi connectivity index (χ4v) is 10.6. The van der Waals surface area contributed by atoms with E-state index in [0.29, 0.717) is 42.2 Å². The Kier molecular flexibility index (Phi) is 21.4. The summed E-state index contributed by atoms with van der Waals surface area (Å²) in [6, 6.07) is 20.3. The summed E-state index contributed by atoms with van der Waals surface area (Å²) >= 11 is 0. The van der Waals surface area contributed by atoms with E-state index in [9.17, 15) is 24.2 Å². The minimum atomic E-state index is -1.55. The number of aliphatic hydroxyl groups is 2. The van der Waals surface area contributed by atoms with Crippen molar-refractivity contribution in [2.24, 2.45) is 22.9 Å². The molecule has 0 spiro atoms. The third kappa shape index (κ3) is 14.4. The molecule has 6 rings (SSSR count). The molecule has 13 heteroatoms. The molecule has 2 amide bonds. The van der Waals surface area contributed by atoms with Crippen LogP contribution >= 0.6 is 0 Å². The maximum Gasteiger partial charge on any atom is 0.412 e. The number of nitrogens with one attached hydrogen (secondary N) is 1. The number of halogens is 1. The standard InChI is InChI=1S/C56H76FN3O9/c1-4-6-7-8-9-10-11-12-13-19-32-58-54(63)68-45-30-31-50-48(37-45)52-46(25-18-21-34-62)43(24-17-20-33-61)36-47-49(59-67-40-42-22-15-14-16-23-42)38-51(56(69-50,53(47)52)66-35-5-2)60(55(64)65-3)39-41-26-28-44(57)29-27-41/h5,14-16,22-23,26-31,36-37,43,46,51-53,61-62H,2,4,6-13,17-21,24-25,32-35,38-40H2,1,3H3,(H,58,63). The molecule has 0 radical (unpaired) electrons. The van der Waals surface area contributed by atoms with Crippen LogP contribution in [-0.4, -0.2) is 78.3 Å². The van der Waals surface area contributed by atoms with E-state index in [0.717, 1.165) is 61.6 Å². The van der Waals surface area contributed by atoms with E-state index in [1.807, 2.05) is 42.5 Å². The van der Waals surface area contributed by atoms with Crippen LogP contribution in [0.2, 0.25) is 0 Å². The normalized spacial score (nSPS) is 21.8. The van der Waals surface area contributed by atoms with Crippen LogP contribution in [0.1, 0.15) is 139 Å². The van der Waals surface area contributed by atoms with E-state index in [1.165, 1.54) is 64.2 Å². The lowest BCUT2D eigenvalue weighted by Crippen LogP contribution is -2.70. The summed E-state index contributed by atoms with van der Waals surface area (Å²) in [7, 11) is 1.33. The fraction of sp³-hybridized carbons (Fsp3) is 0.554. The molecule has 69 heavy (non-hydrogen) atoms. The van der Waals surface area contributed by atoms with E-state index < -0.39 is 35.8 Å². The SMILES string of the molecule is C=CCOC12Oc3ccc(OC(=O)NCCCCCCCCCCCC)cc3C3C(CCCCO)C(CCCCO)C=C(C(=NOCc4ccccc4)CC1N(Cc1ccc(F)cc1)C(=O)OC)C32. The van der Waals surface area contributed by atoms with Gasteiger partial charge in [0.25, 0.3) is 0 Å². The Morgan fingerprint density at radius 2 is 1.58 bits per heavy atom. The van der Waals surface area contributed by atoms with Crippen molar-refractivity contribution in [3.8, 4) is 11.5 Å². The number of amides is 2. The molecule has 12 nitrogen and oxygen atoms in total. The van der Waals surface area contributed by atoms with Gasteiger partial charge < -0.3 is 39.3 Å². The molecular formula is C56H76FN3O9. The number of carbonyl (C=O) groups excluding carboxylic acids is 2. The lowest BCUT2D eigenvalue weighted by atomic mass is 9.55. The molecule has 0 saturated heterocycles. The van der Waals surface area contributed by atoms with Gasteiger partial charge in [0.15, 0.2) is 0 Å². The van der Waals surface area contributed by atoms with Crippen LogP contribution in [0.5, 0.6) is 11.5 Å². The van der Waals surface area contributed by atoms with Crippen LogP contribution in [0.25, 0.3) is 0 Å². The first-order chi connectivity index (χ1) is 33.8. The number of nitrogens with zero attached hydrogens (tertiary/aromatic N) is 2. The number of benzene rings is 3. The minimum absolute atomic E-state index is 0.00437. The van der Waals surface area contributed by atoms with Gasteiger partial charge in [-0.1, -0.05) is 137 Å². The molecule has 2 aliphatic carbocycles. The Balaban J connectivity index is 1.41. The third-order valence-corrected chi connectivity index (χ3v) is 14.0. The summed E-state index contributed by atoms with van der Waals surface area (Å²) in [5.41, 5.74) is 3.89. The van der Waals surface area contributed by atoms with Crippen LogP contribution in [-0.2, 0) is 27.5 Å². The molecule has 3 N–H and O–H groups in total. The zero-order valence-electron chi connectivity index (χ0n) is 41.0. The van der Waals surface area contributed by atoms with Gasteiger partial charge in [-0.15, -0.1) is 6.58 Å². The second-order valence-electron chi connectivity index (χ2n) is 18.8. The van der Waals surface area contributed by atoms with Crippen LogP contribution in [0, 0.1) is 23.6 Å². The molecule has 0 bridgehead atoms. The molecule has 6 atom stereocenters. The topological polar surface area (TPSA) is 148 Å². The van der Waals surface area contributed by atoms with E-state index in [2.05, 4.69) is 24.9 Å². The highest BCUT2D eigenvalue weighted by Gasteiger charge is 2.65. The van der Waals surface area contributed by atoms with Gasteiger partial charge in [0.05, 0.1) is 25.3 Å². The number of allylic oxidation sites excluding steroid dienone is 1. The Morgan fingerprint density at radius 1 is 0.884 bits per heavy atom. The lowest BCUT2D eigenvalue weighted by molar-refractivity contribution is -0.256. The van der Waals surface area contributed by atoms with Crippen molar-refractivity contribution >= 4 is 17.9 Å². The number of rotatable bonds is 29. The van der Waals surface area contributed by atoms with Gasteiger partial charge in [-0.2, -0.15) is 0 Å². The third-order valence-electron chi connectivity index (χ3n) is 14.0. The number of aliphatic hydroxyl groups excluding tert-OH is 2. The molecular weight excluding hydrogens is 878 g/mol. The van der Waals surface area contributed by atoms with E-state index in [-0.39, 0.29) is 57.1 Å². The minimum Gasteiger partial charge on any atom is -0.459 e. The van der Waals surface area contributed by atoms with Gasteiger partial charge in [-0.25, -0.2) is 14.0 Å². The second-order valence-corrected chi connectivity index (χ2v) is 18.8. The van der Waals surface area contributed by atoms with Gasteiger partial charge in [-0.05, 0) is 91.0 Å². The van der Waals surface area contributed by atoms with E-state index >= 15 is 0 Å². The molecule has 1 saturated carbocycles. The zero-order chi connectivity index (χ0) is 48.9. The number of hydrogen-bond donors (Lipinski definition) is 3. The molecule has 376 valence electrons. The highest BCUT2D eigenvalue weighted by Crippen LogP contribution is 2.62.